The van der Waals surface area contributed by atoms with E-state index in [9.17, 15) is 19.8 Å². The van der Waals surface area contributed by atoms with Gasteiger partial charge in [-0.25, -0.2) is 9.28 Å². The lowest BCUT2D eigenvalue weighted by molar-refractivity contribution is -0.915. The van der Waals surface area contributed by atoms with E-state index in [1.807, 2.05) is 30.3 Å². The maximum Gasteiger partial charge on any atom is 0.514 e. The second-order valence-electron chi connectivity index (χ2n) is 5.48. The molecule has 1 fully saturated rings. The predicted octanol–water partition coefficient (Wildman–Crippen LogP) is 1.52. The first kappa shape index (κ1) is 15.5. The molecule has 1 aliphatic heterocycles. The van der Waals surface area contributed by atoms with Gasteiger partial charge in [0.25, 0.3) is 0 Å². The lowest BCUT2D eigenvalue weighted by atomic mass is 9.87. The third-order valence-electron chi connectivity index (χ3n) is 4.55. The number of carbonyl (C=O) groups is 2. The first-order valence-electron chi connectivity index (χ1n) is 7.07. The summed E-state index contributed by atoms with van der Waals surface area (Å²) in [6.07, 6.45) is -0.821. The molecule has 1 amide bonds. The molecule has 2 atom stereocenters. The van der Waals surface area contributed by atoms with Crippen molar-refractivity contribution in [2.24, 2.45) is 0 Å². The van der Waals surface area contributed by atoms with Crippen LogP contribution in [0.25, 0.3) is 0 Å². The van der Waals surface area contributed by atoms with Crippen molar-refractivity contribution in [2.45, 2.75) is 25.4 Å². The summed E-state index contributed by atoms with van der Waals surface area (Å²) in [5.41, 5.74) is -0.513. The second kappa shape index (κ2) is 5.83. The van der Waals surface area contributed by atoms with E-state index in [1.54, 1.807) is 6.92 Å². The van der Waals surface area contributed by atoms with E-state index in [1.165, 1.54) is 0 Å². The Labute approximate surface area is 123 Å². The van der Waals surface area contributed by atoms with E-state index in [4.69, 9.17) is 0 Å². The average Bonchev–Trinajstić information content (AvgIpc) is 2.48. The number of rotatable bonds is 4. The van der Waals surface area contributed by atoms with Crippen LogP contribution in [0.3, 0.4) is 0 Å². The van der Waals surface area contributed by atoms with Crippen LogP contribution in [-0.4, -0.2) is 51.9 Å². The number of benzene rings is 1. The van der Waals surface area contributed by atoms with Gasteiger partial charge in [0.1, 0.15) is 13.1 Å². The van der Waals surface area contributed by atoms with Gasteiger partial charge in [0.2, 0.25) is 5.54 Å². The number of nitrogens with zero attached hydrogens (tertiary/aromatic N) is 1. The third-order valence-corrected chi connectivity index (χ3v) is 4.55. The summed E-state index contributed by atoms with van der Waals surface area (Å²) in [6.45, 7) is 2.83. The van der Waals surface area contributed by atoms with Crippen molar-refractivity contribution in [3.63, 3.8) is 0 Å². The number of aliphatic carboxylic acids is 1. The summed E-state index contributed by atoms with van der Waals surface area (Å²) in [6, 6.07) is 9.21. The van der Waals surface area contributed by atoms with Gasteiger partial charge in [0, 0.05) is 18.5 Å². The molecule has 0 aliphatic carbocycles. The van der Waals surface area contributed by atoms with Crippen LogP contribution in [0.4, 0.5) is 4.79 Å². The number of hydrogen-bond acceptors (Lipinski definition) is 3. The van der Waals surface area contributed by atoms with E-state index < -0.39 is 22.1 Å². The molecular formula is C15H21N2O4+. The molecule has 0 saturated carbocycles. The van der Waals surface area contributed by atoms with Crippen LogP contribution in [0.15, 0.2) is 30.3 Å². The molecule has 21 heavy (non-hydrogen) atoms. The summed E-state index contributed by atoms with van der Waals surface area (Å²) in [5, 5.41) is 22.6. The number of carboxylic acid groups (broad SMARTS) is 2. The van der Waals surface area contributed by atoms with Crippen molar-refractivity contribution in [1.29, 1.82) is 0 Å². The molecule has 1 saturated heterocycles. The summed E-state index contributed by atoms with van der Waals surface area (Å²) < 4.78 is -0.462. The molecule has 1 aromatic rings. The van der Waals surface area contributed by atoms with E-state index in [2.05, 4.69) is 5.32 Å². The van der Waals surface area contributed by atoms with Crippen molar-refractivity contribution in [3.05, 3.63) is 35.9 Å². The average molecular weight is 293 g/mol. The Balaban J connectivity index is 2.52. The molecular weight excluding hydrogens is 272 g/mol. The maximum atomic E-state index is 12.0. The summed E-state index contributed by atoms with van der Waals surface area (Å²) >= 11 is 0. The van der Waals surface area contributed by atoms with Crippen LogP contribution in [0.5, 0.6) is 0 Å². The third kappa shape index (κ3) is 2.41. The van der Waals surface area contributed by atoms with Crippen LogP contribution in [-0.2, 0) is 11.3 Å². The summed E-state index contributed by atoms with van der Waals surface area (Å²) in [5.74, 6) is -1.06. The lowest BCUT2D eigenvalue weighted by Crippen LogP contribution is -2.77. The minimum Gasteiger partial charge on any atom is -0.477 e. The standard InChI is InChI=1S/C15H20N2O4/c1-2-15(13(18)19)11-16-8-9-17(15,14(20)21)10-12-6-4-3-5-7-12/h3-7,16H,2,8-11H2,1H3,(H-,18,19,20,21)/p+1/t15?,17-/m0/s1. The van der Waals surface area contributed by atoms with Gasteiger partial charge < -0.3 is 15.5 Å². The molecule has 114 valence electrons. The molecule has 1 aliphatic rings. The highest BCUT2D eigenvalue weighted by molar-refractivity contribution is 5.80. The van der Waals surface area contributed by atoms with E-state index in [0.29, 0.717) is 6.54 Å². The zero-order chi connectivity index (χ0) is 15.5. The SMILES string of the molecule is CCC1(C(=O)O)CNCC[N@+]1(Cc1ccccc1)C(=O)O. The van der Waals surface area contributed by atoms with Crippen molar-refractivity contribution in [1.82, 2.24) is 5.32 Å². The molecule has 2 rings (SSSR count). The number of amides is 1. The number of carboxylic acids is 1. The highest BCUT2D eigenvalue weighted by Crippen LogP contribution is 2.34. The molecule has 6 nitrogen and oxygen atoms in total. The highest BCUT2D eigenvalue weighted by Gasteiger charge is 2.62. The molecule has 1 unspecified atom stereocenters. The minimum absolute atomic E-state index is 0.165. The van der Waals surface area contributed by atoms with E-state index in [0.717, 1.165) is 5.56 Å². The molecule has 1 aromatic carbocycles. The van der Waals surface area contributed by atoms with Gasteiger partial charge in [-0.3, -0.25) is 0 Å². The van der Waals surface area contributed by atoms with Crippen molar-refractivity contribution in [2.75, 3.05) is 19.6 Å². The smallest absolute Gasteiger partial charge is 0.477 e. The Kier molecular flexibility index (Phi) is 4.29. The fourth-order valence-electron chi connectivity index (χ4n) is 3.24. The Morgan fingerprint density at radius 1 is 1.29 bits per heavy atom. The van der Waals surface area contributed by atoms with Gasteiger partial charge in [-0.15, -0.1) is 0 Å². The molecule has 1 heterocycles. The zero-order valence-electron chi connectivity index (χ0n) is 12.1. The molecule has 0 bridgehead atoms. The molecule has 0 aromatic heterocycles. The van der Waals surface area contributed by atoms with Gasteiger partial charge in [-0.2, -0.15) is 4.79 Å². The van der Waals surface area contributed by atoms with Crippen molar-refractivity contribution >= 4 is 12.1 Å². The zero-order valence-corrected chi connectivity index (χ0v) is 12.1. The van der Waals surface area contributed by atoms with Crippen LogP contribution in [0.1, 0.15) is 18.9 Å². The Bertz CT molecular complexity index is 534. The Morgan fingerprint density at radius 2 is 1.95 bits per heavy atom. The normalized spacial score (nSPS) is 29.0. The van der Waals surface area contributed by atoms with Crippen LogP contribution >= 0.6 is 0 Å². The van der Waals surface area contributed by atoms with Crippen LogP contribution in [0, 0.1) is 0 Å². The van der Waals surface area contributed by atoms with Gasteiger partial charge >= 0.3 is 12.1 Å². The van der Waals surface area contributed by atoms with E-state index in [-0.39, 0.29) is 26.1 Å². The quantitative estimate of drug-likeness (QED) is 0.733. The molecule has 3 N–H and O–H groups in total. The molecule has 0 radical (unpaired) electrons. The monoisotopic (exact) mass is 293 g/mol. The van der Waals surface area contributed by atoms with Gasteiger partial charge in [0.15, 0.2) is 0 Å². The first-order chi connectivity index (χ1) is 9.98. The number of nitrogens with one attached hydrogen (secondary N) is 1. The second-order valence-corrected chi connectivity index (χ2v) is 5.48. The van der Waals surface area contributed by atoms with Gasteiger partial charge in [-0.05, 0) is 0 Å². The Morgan fingerprint density at radius 3 is 2.48 bits per heavy atom. The largest absolute Gasteiger partial charge is 0.514 e. The van der Waals surface area contributed by atoms with Crippen molar-refractivity contribution < 1.29 is 24.3 Å². The van der Waals surface area contributed by atoms with Crippen LogP contribution in [0.2, 0.25) is 0 Å². The summed E-state index contributed by atoms with van der Waals surface area (Å²) in [4.78, 5) is 23.9. The lowest BCUT2D eigenvalue weighted by Gasteiger charge is -2.49. The van der Waals surface area contributed by atoms with Gasteiger partial charge in [0.05, 0.1) is 6.54 Å². The topological polar surface area (TPSA) is 86.6 Å². The van der Waals surface area contributed by atoms with Crippen LogP contribution < -0.4 is 5.32 Å². The molecule has 6 heteroatoms. The fraction of sp³-hybridized carbons (Fsp3) is 0.467. The minimum atomic E-state index is -1.35. The van der Waals surface area contributed by atoms with E-state index >= 15 is 0 Å². The number of quaternary nitrogens is 1. The maximum absolute atomic E-state index is 12.0. The fourth-order valence-corrected chi connectivity index (χ4v) is 3.24. The first-order valence-corrected chi connectivity index (χ1v) is 7.07. The van der Waals surface area contributed by atoms with Gasteiger partial charge in [-0.1, -0.05) is 37.3 Å². The molecule has 0 spiro atoms. The van der Waals surface area contributed by atoms with Crippen molar-refractivity contribution in [3.8, 4) is 0 Å². The number of hydrogen-bond donors (Lipinski definition) is 3. The highest BCUT2D eigenvalue weighted by atomic mass is 16.4. The Hall–Kier alpha value is -1.92. The summed E-state index contributed by atoms with van der Waals surface area (Å²) in [7, 11) is 0. The predicted molar refractivity (Wildman–Crippen MR) is 76.8 cm³/mol. The number of piperazine rings is 1.